The summed E-state index contributed by atoms with van der Waals surface area (Å²) in [6.45, 7) is 8.62. The van der Waals surface area contributed by atoms with E-state index in [9.17, 15) is 19.2 Å². The van der Waals surface area contributed by atoms with Gasteiger partial charge in [0.25, 0.3) is 0 Å². The molecule has 0 saturated carbocycles. The van der Waals surface area contributed by atoms with Gasteiger partial charge in [0.15, 0.2) is 6.10 Å². The monoisotopic (exact) mass is 862 g/mol. The van der Waals surface area contributed by atoms with Crippen molar-refractivity contribution in [2.24, 2.45) is 5.92 Å². The van der Waals surface area contributed by atoms with Crippen LogP contribution in [0.5, 0.6) is 17.2 Å². The van der Waals surface area contributed by atoms with Crippen molar-refractivity contribution in [2.75, 3.05) is 13.2 Å². The van der Waals surface area contributed by atoms with E-state index in [1.807, 2.05) is 38.1 Å². The molecule has 55 heavy (non-hydrogen) atoms. The van der Waals surface area contributed by atoms with Crippen LogP contribution < -0.4 is 14.2 Å². The van der Waals surface area contributed by atoms with Crippen LogP contribution in [0.3, 0.4) is 0 Å². The molecule has 4 aromatic carbocycles. The lowest BCUT2D eigenvalue weighted by Gasteiger charge is -2.15. The highest BCUT2D eigenvalue weighted by molar-refractivity contribution is 14.1. The first-order chi connectivity index (χ1) is 26.6. The summed E-state index contributed by atoms with van der Waals surface area (Å²) >= 11 is 2.30. The maximum absolute atomic E-state index is 12.9. The van der Waals surface area contributed by atoms with Gasteiger partial charge in [0.1, 0.15) is 17.2 Å². The van der Waals surface area contributed by atoms with Crippen LogP contribution >= 0.6 is 22.6 Å². The summed E-state index contributed by atoms with van der Waals surface area (Å²) in [4.78, 5) is 50.3. The van der Waals surface area contributed by atoms with Crippen LogP contribution in [0.2, 0.25) is 0 Å². The second-order valence-corrected chi connectivity index (χ2v) is 14.7. The summed E-state index contributed by atoms with van der Waals surface area (Å²) in [5.74, 6) is -0.932. The zero-order valence-corrected chi connectivity index (χ0v) is 34.3. The van der Waals surface area contributed by atoms with Crippen LogP contribution in [-0.2, 0) is 14.3 Å². The van der Waals surface area contributed by atoms with Gasteiger partial charge in [-0.3, -0.25) is 0 Å². The molecule has 10 heteroatoms. The van der Waals surface area contributed by atoms with Crippen molar-refractivity contribution in [3.63, 3.8) is 0 Å². The van der Waals surface area contributed by atoms with Gasteiger partial charge in [-0.1, -0.05) is 90.3 Å². The molecule has 0 aromatic heterocycles. The number of benzene rings is 4. The van der Waals surface area contributed by atoms with E-state index in [1.54, 1.807) is 12.1 Å². The Hall–Kier alpha value is -4.71. The van der Waals surface area contributed by atoms with Gasteiger partial charge < -0.3 is 23.7 Å². The van der Waals surface area contributed by atoms with Crippen molar-refractivity contribution in [3.05, 3.63) is 111 Å². The molecule has 0 amide bonds. The topological polar surface area (TPSA) is 114 Å². The predicted octanol–water partition coefficient (Wildman–Crippen LogP) is 11.1. The van der Waals surface area contributed by atoms with Crippen molar-refractivity contribution < 1.29 is 42.9 Å². The minimum absolute atomic E-state index is 0.181. The quantitative estimate of drug-likeness (QED) is 0.0349. The van der Waals surface area contributed by atoms with Crippen molar-refractivity contribution >= 4 is 46.5 Å². The highest BCUT2D eigenvalue weighted by Crippen LogP contribution is 2.29. The van der Waals surface area contributed by atoms with E-state index in [2.05, 4.69) is 35.6 Å². The summed E-state index contributed by atoms with van der Waals surface area (Å²) in [6, 6.07) is 25.1. The molecule has 0 bridgehead atoms. The lowest BCUT2D eigenvalue weighted by molar-refractivity contribution is -0.154. The molecule has 0 aliphatic heterocycles. The third kappa shape index (κ3) is 14.1. The maximum atomic E-state index is 12.9. The lowest BCUT2D eigenvalue weighted by atomic mass is 10.0. The summed E-state index contributed by atoms with van der Waals surface area (Å²) in [6.07, 6.45) is 9.89. The predicted molar refractivity (Wildman–Crippen MR) is 221 cm³/mol. The van der Waals surface area contributed by atoms with Crippen LogP contribution in [0.1, 0.15) is 117 Å². The Kier molecular flexibility index (Phi) is 17.7. The average molecular weight is 863 g/mol. The maximum Gasteiger partial charge on any atom is 0.347 e. The molecule has 0 fully saturated rings. The second-order valence-electron chi connectivity index (χ2n) is 13.6. The number of ether oxygens (including phenoxy) is 5. The number of carbonyl (C=O) groups is 4. The first-order valence-electron chi connectivity index (χ1n) is 19.1. The Balaban J connectivity index is 1.21. The van der Waals surface area contributed by atoms with E-state index in [1.165, 1.54) is 100 Å². The molecule has 2 unspecified atom stereocenters. The molecule has 4 aromatic rings. The molecular formula is C45H51IO9. The number of esters is 4. The van der Waals surface area contributed by atoms with Crippen LogP contribution in [0.25, 0.3) is 11.1 Å². The van der Waals surface area contributed by atoms with Crippen molar-refractivity contribution in [3.8, 4) is 28.4 Å². The highest BCUT2D eigenvalue weighted by Gasteiger charge is 2.21. The van der Waals surface area contributed by atoms with Crippen LogP contribution in [0.15, 0.2) is 91.0 Å². The Bertz CT molecular complexity index is 1840. The second kappa shape index (κ2) is 22.6. The van der Waals surface area contributed by atoms with E-state index >= 15 is 0 Å². The minimum Gasteiger partial charge on any atom is -0.492 e. The normalized spacial score (nSPS) is 11.9. The number of carbonyl (C=O) groups excluding carboxylic acids is 4. The SMILES string of the molecule is CCCCCCCCCCOc1ccc(-c2ccc(C(=O)Oc3ccc(C(=O)Oc4ccc(C(=O)OC(C)C(=O)OCC(C)CC)cc4)cc3)cc2)cc1I. The van der Waals surface area contributed by atoms with Gasteiger partial charge in [0, 0.05) is 0 Å². The molecule has 4 rings (SSSR count). The smallest absolute Gasteiger partial charge is 0.347 e. The average Bonchev–Trinajstić information content (AvgIpc) is 3.20. The fourth-order valence-corrected chi connectivity index (χ4v) is 6.07. The lowest BCUT2D eigenvalue weighted by Crippen LogP contribution is -2.27. The van der Waals surface area contributed by atoms with Gasteiger partial charge in [0.05, 0.1) is 33.5 Å². The van der Waals surface area contributed by atoms with E-state index in [0.29, 0.717) is 12.2 Å². The van der Waals surface area contributed by atoms with Gasteiger partial charge in [-0.2, -0.15) is 0 Å². The molecule has 0 spiro atoms. The van der Waals surface area contributed by atoms with E-state index in [4.69, 9.17) is 23.7 Å². The van der Waals surface area contributed by atoms with Crippen LogP contribution in [0, 0.1) is 9.49 Å². The minimum atomic E-state index is -1.07. The Morgan fingerprint density at radius 2 is 1.09 bits per heavy atom. The highest BCUT2D eigenvalue weighted by atomic mass is 127. The summed E-state index contributed by atoms with van der Waals surface area (Å²) < 4.78 is 28.5. The van der Waals surface area contributed by atoms with E-state index in [0.717, 1.165) is 33.3 Å². The molecule has 0 saturated heterocycles. The Labute approximate surface area is 338 Å². The van der Waals surface area contributed by atoms with Gasteiger partial charge >= 0.3 is 23.9 Å². The molecule has 0 radical (unpaired) electrons. The number of unbranched alkanes of at least 4 members (excludes halogenated alkanes) is 7. The van der Waals surface area contributed by atoms with Crippen LogP contribution in [0.4, 0.5) is 0 Å². The molecule has 0 heterocycles. The first-order valence-corrected chi connectivity index (χ1v) is 20.2. The summed E-state index contributed by atoms with van der Waals surface area (Å²) in [5, 5.41) is 0. The van der Waals surface area contributed by atoms with Crippen molar-refractivity contribution in [1.29, 1.82) is 0 Å². The third-order valence-corrected chi connectivity index (χ3v) is 9.91. The molecular weight excluding hydrogens is 811 g/mol. The molecule has 0 N–H and O–H groups in total. The number of hydrogen-bond acceptors (Lipinski definition) is 9. The molecule has 2 atom stereocenters. The van der Waals surface area contributed by atoms with Gasteiger partial charge in [0.2, 0.25) is 0 Å². The largest absolute Gasteiger partial charge is 0.492 e. The molecule has 0 aliphatic carbocycles. The van der Waals surface area contributed by atoms with Crippen molar-refractivity contribution in [1.82, 2.24) is 0 Å². The first kappa shape index (κ1) is 43.0. The summed E-state index contributed by atoms with van der Waals surface area (Å²) in [7, 11) is 0. The number of rotatable bonds is 21. The Morgan fingerprint density at radius 3 is 1.62 bits per heavy atom. The summed E-state index contributed by atoms with van der Waals surface area (Å²) in [5.41, 5.74) is 2.78. The van der Waals surface area contributed by atoms with Gasteiger partial charge in [-0.05, 0) is 126 Å². The van der Waals surface area contributed by atoms with E-state index in [-0.39, 0.29) is 35.2 Å². The van der Waals surface area contributed by atoms with Crippen LogP contribution in [-0.4, -0.2) is 43.2 Å². The molecule has 0 aliphatic rings. The standard InChI is InChI=1S/C45H51IO9/c1-5-7-8-9-10-11-12-13-28-51-41-27-22-37(29-40(41)46)33-14-16-34(17-15-33)44(49)54-39-25-20-36(21-26-39)45(50)55-38-23-18-35(19-24-38)43(48)53-32(4)42(47)52-30-31(3)6-2/h14-27,29,31-32H,5-13,28,30H2,1-4H3. The fraction of sp³-hybridized carbons (Fsp3) is 0.378. The fourth-order valence-electron chi connectivity index (χ4n) is 5.40. The Morgan fingerprint density at radius 1 is 0.600 bits per heavy atom. The third-order valence-electron chi connectivity index (χ3n) is 9.07. The van der Waals surface area contributed by atoms with E-state index < -0.39 is 30.0 Å². The number of halogens is 1. The number of hydrogen-bond donors (Lipinski definition) is 0. The van der Waals surface area contributed by atoms with Gasteiger partial charge in [-0.15, -0.1) is 0 Å². The molecule has 292 valence electrons. The zero-order chi connectivity index (χ0) is 39.6. The van der Waals surface area contributed by atoms with Crippen molar-refractivity contribution in [2.45, 2.75) is 91.6 Å². The molecule has 9 nitrogen and oxygen atoms in total. The van der Waals surface area contributed by atoms with Gasteiger partial charge in [-0.25, -0.2) is 19.2 Å². The zero-order valence-electron chi connectivity index (χ0n) is 32.1.